The molecule has 1 N–H and O–H groups in total. The van der Waals surface area contributed by atoms with Crippen molar-refractivity contribution < 1.29 is 14.1 Å². The lowest BCUT2D eigenvalue weighted by Crippen LogP contribution is -2.15. The molecule has 1 aliphatic heterocycles. The quantitative estimate of drug-likeness (QED) is 0.444. The zero-order valence-corrected chi connectivity index (χ0v) is 17.9. The zero-order chi connectivity index (χ0) is 22.4. The fourth-order valence-corrected chi connectivity index (χ4v) is 4.29. The van der Waals surface area contributed by atoms with Crippen LogP contribution in [-0.2, 0) is 11.8 Å². The molecule has 0 unspecified atom stereocenters. The monoisotopic (exact) mass is 443 g/mol. The van der Waals surface area contributed by atoms with Crippen LogP contribution in [-0.4, -0.2) is 38.1 Å². The predicted molar refractivity (Wildman–Crippen MR) is 121 cm³/mol. The molecule has 5 aromatic rings. The number of imidazole rings is 1. The smallest absolute Gasteiger partial charge is 0.250 e. The van der Waals surface area contributed by atoms with Crippen molar-refractivity contribution in [1.82, 2.24) is 24.8 Å². The number of hydrogen-bond donors (Lipinski definition) is 1. The number of nitrogens with one attached hydrogen (secondary N) is 1. The Balaban J connectivity index is 1.54. The van der Waals surface area contributed by atoms with Gasteiger partial charge < -0.3 is 19.0 Å². The second kappa shape index (κ2) is 7.86. The van der Waals surface area contributed by atoms with E-state index in [4.69, 9.17) is 19.1 Å². The van der Waals surface area contributed by atoms with E-state index < -0.39 is 0 Å². The van der Waals surface area contributed by atoms with E-state index >= 15 is 0 Å². The molecule has 4 heterocycles. The highest BCUT2D eigenvalue weighted by molar-refractivity contribution is 5.92. The van der Waals surface area contributed by atoms with Gasteiger partial charge in [0.05, 0.1) is 5.52 Å². The standard InChI is InChI=1S/C24H21N5O4/c1-29-13-15(5-8-20(29)30)16-6-7-17-22(26-24(25-17)14-9-11-31-12-10-14)23(16)32-19-4-2-3-18-21(19)28-33-27-18/h2-8,13-14H,9-12H2,1H3,(H,25,26). The van der Waals surface area contributed by atoms with Gasteiger partial charge in [-0.05, 0) is 53.5 Å². The minimum Gasteiger partial charge on any atom is -0.452 e. The minimum atomic E-state index is -0.0812. The average Bonchev–Trinajstić information content (AvgIpc) is 3.50. The molecule has 0 bridgehead atoms. The summed E-state index contributed by atoms with van der Waals surface area (Å²) in [4.78, 5) is 20.4. The first-order valence-corrected chi connectivity index (χ1v) is 10.8. The molecular formula is C24H21N5O4. The highest BCUT2D eigenvalue weighted by Gasteiger charge is 2.23. The Kier molecular flexibility index (Phi) is 4.69. The highest BCUT2D eigenvalue weighted by atomic mass is 16.6. The van der Waals surface area contributed by atoms with Crippen molar-refractivity contribution >= 4 is 22.1 Å². The number of ether oxygens (including phenoxy) is 2. The lowest BCUT2D eigenvalue weighted by atomic mass is 10.00. The van der Waals surface area contributed by atoms with Crippen LogP contribution in [0.25, 0.3) is 33.2 Å². The van der Waals surface area contributed by atoms with Crippen molar-refractivity contribution in [2.75, 3.05) is 13.2 Å². The number of aryl methyl sites for hydroxylation is 1. The van der Waals surface area contributed by atoms with E-state index in [0.717, 1.165) is 54.0 Å². The van der Waals surface area contributed by atoms with Gasteiger partial charge in [-0.3, -0.25) is 4.79 Å². The highest BCUT2D eigenvalue weighted by Crippen LogP contribution is 2.41. The van der Waals surface area contributed by atoms with E-state index in [2.05, 4.69) is 15.3 Å². The number of aromatic amines is 1. The van der Waals surface area contributed by atoms with Crippen molar-refractivity contribution in [2.24, 2.45) is 7.05 Å². The first-order chi connectivity index (χ1) is 16.2. The van der Waals surface area contributed by atoms with E-state index in [0.29, 0.717) is 28.5 Å². The molecule has 0 radical (unpaired) electrons. The molecule has 2 aromatic carbocycles. The largest absolute Gasteiger partial charge is 0.452 e. The lowest BCUT2D eigenvalue weighted by Gasteiger charge is -2.19. The third-order valence-electron chi connectivity index (χ3n) is 6.09. The van der Waals surface area contributed by atoms with Crippen LogP contribution in [0.15, 0.2) is 58.1 Å². The minimum absolute atomic E-state index is 0.0812. The zero-order valence-electron chi connectivity index (χ0n) is 17.9. The Morgan fingerprint density at radius 1 is 1.06 bits per heavy atom. The molecule has 0 saturated carbocycles. The van der Waals surface area contributed by atoms with E-state index in [9.17, 15) is 4.79 Å². The number of benzene rings is 2. The van der Waals surface area contributed by atoms with Crippen LogP contribution in [0.5, 0.6) is 11.5 Å². The van der Waals surface area contributed by atoms with E-state index in [1.165, 1.54) is 0 Å². The molecule has 166 valence electrons. The third-order valence-corrected chi connectivity index (χ3v) is 6.09. The van der Waals surface area contributed by atoms with Crippen LogP contribution in [0.1, 0.15) is 24.6 Å². The summed E-state index contributed by atoms with van der Waals surface area (Å²) in [5.41, 5.74) is 4.31. The Bertz CT molecular complexity index is 1530. The molecule has 9 heteroatoms. The summed E-state index contributed by atoms with van der Waals surface area (Å²) < 4.78 is 18.4. The molecule has 6 rings (SSSR count). The number of hydrogen-bond acceptors (Lipinski definition) is 7. The molecule has 9 nitrogen and oxygen atoms in total. The maximum Gasteiger partial charge on any atom is 0.250 e. The maximum absolute atomic E-state index is 12.0. The van der Waals surface area contributed by atoms with Gasteiger partial charge in [0.25, 0.3) is 0 Å². The van der Waals surface area contributed by atoms with Gasteiger partial charge in [0.15, 0.2) is 17.0 Å². The van der Waals surface area contributed by atoms with Crippen LogP contribution < -0.4 is 10.3 Å². The fraction of sp³-hybridized carbons (Fsp3) is 0.250. The van der Waals surface area contributed by atoms with Gasteiger partial charge in [0.2, 0.25) is 5.56 Å². The summed E-state index contributed by atoms with van der Waals surface area (Å²) in [6.45, 7) is 1.46. The summed E-state index contributed by atoms with van der Waals surface area (Å²) >= 11 is 0. The van der Waals surface area contributed by atoms with E-state index in [-0.39, 0.29) is 5.56 Å². The molecule has 33 heavy (non-hydrogen) atoms. The summed E-state index contributed by atoms with van der Waals surface area (Å²) in [5.74, 6) is 2.33. The van der Waals surface area contributed by atoms with Crippen molar-refractivity contribution in [3.05, 3.63) is 64.8 Å². The molecular weight excluding hydrogens is 422 g/mol. The number of H-pyrrole nitrogens is 1. The van der Waals surface area contributed by atoms with Gasteiger partial charge in [0.1, 0.15) is 16.9 Å². The van der Waals surface area contributed by atoms with Crippen LogP contribution in [0.2, 0.25) is 0 Å². The van der Waals surface area contributed by atoms with Crippen LogP contribution in [0.3, 0.4) is 0 Å². The van der Waals surface area contributed by atoms with Gasteiger partial charge in [0, 0.05) is 49.6 Å². The average molecular weight is 443 g/mol. The van der Waals surface area contributed by atoms with Gasteiger partial charge >= 0.3 is 0 Å². The van der Waals surface area contributed by atoms with Crippen molar-refractivity contribution in [2.45, 2.75) is 18.8 Å². The molecule has 1 saturated heterocycles. The van der Waals surface area contributed by atoms with Gasteiger partial charge in [-0.1, -0.05) is 6.07 Å². The summed E-state index contributed by atoms with van der Waals surface area (Å²) in [7, 11) is 1.73. The Morgan fingerprint density at radius 2 is 1.94 bits per heavy atom. The number of nitrogens with zero attached hydrogens (tertiary/aromatic N) is 4. The van der Waals surface area contributed by atoms with E-state index in [1.807, 2.05) is 30.3 Å². The van der Waals surface area contributed by atoms with Gasteiger partial charge in [-0.2, -0.15) is 0 Å². The van der Waals surface area contributed by atoms with Crippen molar-refractivity contribution in [1.29, 1.82) is 0 Å². The second-order valence-corrected chi connectivity index (χ2v) is 8.20. The molecule has 1 fully saturated rings. The summed E-state index contributed by atoms with van der Waals surface area (Å²) in [5, 5.41) is 7.92. The molecule has 0 spiro atoms. The molecule has 0 amide bonds. The summed E-state index contributed by atoms with van der Waals surface area (Å²) in [6.07, 6.45) is 3.64. The molecule has 0 atom stereocenters. The normalized spacial score (nSPS) is 14.8. The lowest BCUT2D eigenvalue weighted by molar-refractivity contribution is 0.0838. The van der Waals surface area contributed by atoms with Crippen LogP contribution in [0.4, 0.5) is 0 Å². The Morgan fingerprint density at radius 3 is 2.79 bits per heavy atom. The first kappa shape index (κ1) is 19.7. The fourth-order valence-electron chi connectivity index (χ4n) is 4.29. The Labute approximate surface area is 187 Å². The van der Waals surface area contributed by atoms with Crippen LogP contribution in [0, 0.1) is 0 Å². The van der Waals surface area contributed by atoms with Crippen LogP contribution >= 0.6 is 0 Å². The molecule has 3 aromatic heterocycles. The predicted octanol–water partition coefficient (Wildman–Crippen LogP) is 4.15. The summed E-state index contributed by atoms with van der Waals surface area (Å²) in [6, 6.07) is 12.8. The van der Waals surface area contributed by atoms with Gasteiger partial charge in [-0.25, -0.2) is 9.61 Å². The first-order valence-electron chi connectivity index (χ1n) is 10.8. The number of rotatable bonds is 4. The topological polar surface area (TPSA) is 108 Å². The van der Waals surface area contributed by atoms with E-state index in [1.54, 1.807) is 29.9 Å². The Hall–Kier alpha value is -3.98. The third kappa shape index (κ3) is 3.46. The second-order valence-electron chi connectivity index (χ2n) is 8.20. The molecule has 0 aliphatic carbocycles. The maximum atomic E-state index is 12.0. The van der Waals surface area contributed by atoms with Crippen molar-refractivity contribution in [3.63, 3.8) is 0 Å². The number of aromatic nitrogens is 5. The van der Waals surface area contributed by atoms with Gasteiger partial charge in [-0.15, -0.1) is 0 Å². The SMILES string of the molecule is Cn1cc(-c2ccc3[nH]c(C4CCOCC4)nc3c2Oc2cccc3nonc23)ccc1=O. The molecule has 1 aliphatic rings. The number of fused-ring (bicyclic) bond motifs is 2. The number of pyridine rings is 1. The van der Waals surface area contributed by atoms with Crippen molar-refractivity contribution in [3.8, 4) is 22.6 Å².